The highest BCUT2D eigenvalue weighted by molar-refractivity contribution is 5.95. The maximum atomic E-state index is 11.7. The molecule has 18 heavy (non-hydrogen) atoms. The molecule has 0 heterocycles. The molecule has 0 aliphatic carbocycles. The highest BCUT2D eigenvalue weighted by Gasteiger charge is 2.07. The van der Waals surface area contributed by atoms with Gasteiger partial charge in [-0.05, 0) is 22.9 Å². The zero-order valence-corrected chi connectivity index (χ0v) is 9.96. The Bertz CT molecular complexity index is 560. The van der Waals surface area contributed by atoms with Gasteiger partial charge in [0, 0.05) is 0 Å². The van der Waals surface area contributed by atoms with Crippen LogP contribution in [-0.2, 0) is 9.47 Å². The fraction of sp³-hybridized carbons (Fsp3) is 0.133. The molecule has 0 atom stereocenters. The number of fused-ring (bicyclic) bond motifs is 1. The van der Waals surface area contributed by atoms with E-state index in [2.05, 4.69) is 6.58 Å². The van der Waals surface area contributed by atoms with Crippen molar-refractivity contribution in [1.82, 2.24) is 0 Å². The molecule has 0 spiro atoms. The molecular formula is C15H14O3. The lowest BCUT2D eigenvalue weighted by Crippen LogP contribution is -2.09. The second-order valence-corrected chi connectivity index (χ2v) is 3.74. The topological polar surface area (TPSA) is 35.5 Å². The molecule has 0 aromatic heterocycles. The van der Waals surface area contributed by atoms with E-state index in [0.29, 0.717) is 12.2 Å². The van der Waals surface area contributed by atoms with Crippen LogP contribution in [0, 0.1) is 0 Å². The minimum Gasteiger partial charge on any atom is -0.498 e. The first-order valence-corrected chi connectivity index (χ1v) is 5.69. The number of benzene rings is 2. The summed E-state index contributed by atoms with van der Waals surface area (Å²) in [7, 11) is 0. The van der Waals surface area contributed by atoms with Crippen molar-refractivity contribution < 1.29 is 14.3 Å². The van der Waals surface area contributed by atoms with E-state index in [1.165, 1.54) is 6.26 Å². The Hall–Kier alpha value is -2.29. The second-order valence-electron chi connectivity index (χ2n) is 3.74. The smallest absolute Gasteiger partial charge is 0.338 e. The Balaban J connectivity index is 2.06. The van der Waals surface area contributed by atoms with E-state index in [0.717, 1.165) is 10.8 Å². The molecule has 3 heteroatoms. The monoisotopic (exact) mass is 242 g/mol. The molecule has 0 saturated heterocycles. The van der Waals surface area contributed by atoms with Crippen LogP contribution in [0.25, 0.3) is 10.8 Å². The highest BCUT2D eigenvalue weighted by Crippen LogP contribution is 2.16. The normalized spacial score (nSPS) is 10.0. The molecule has 0 bridgehead atoms. The summed E-state index contributed by atoms with van der Waals surface area (Å²) in [6, 6.07) is 13.4. The van der Waals surface area contributed by atoms with Crippen molar-refractivity contribution in [1.29, 1.82) is 0 Å². The van der Waals surface area contributed by atoms with Crippen LogP contribution in [0.2, 0.25) is 0 Å². The lowest BCUT2D eigenvalue weighted by molar-refractivity contribution is 0.0421. The number of carbonyl (C=O) groups is 1. The Labute approximate surface area is 106 Å². The number of rotatable bonds is 5. The van der Waals surface area contributed by atoms with Crippen molar-refractivity contribution in [2.24, 2.45) is 0 Å². The molecule has 0 N–H and O–H groups in total. The van der Waals surface area contributed by atoms with E-state index in [1.807, 2.05) is 36.4 Å². The van der Waals surface area contributed by atoms with Gasteiger partial charge in [-0.25, -0.2) is 4.79 Å². The van der Waals surface area contributed by atoms with E-state index < -0.39 is 0 Å². The number of hydrogen-bond acceptors (Lipinski definition) is 3. The van der Waals surface area contributed by atoms with Gasteiger partial charge in [0.25, 0.3) is 0 Å². The van der Waals surface area contributed by atoms with E-state index in [1.54, 1.807) is 6.07 Å². The summed E-state index contributed by atoms with van der Waals surface area (Å²) in [5, 5.41) is 2.12. The standard InChI is InChI=1S/C15H14O3/c1-2-17-9-10-18-15(16)14-8-7-12-5-3-4-6-13(12)11-14/h2-8,11H,1,9-10H2. The van der Waals surface area contributed by atoms with E-state index in [9.17, 15) is 4.79 Å². The molecule has 0 aliphatic heterocycles. The van der Waals surface area contributed by atoms with Crippen molar-refractivity contribution in [2.75, 3.05) is 13.2 Å². The molecule has 0 radical (unpaired) electrons. The maximum absolute atomic E-state index is 11.7. The predicted molar refractivity (Wildman–Crippen MR) is 70.4 cm³/mol. The van der Waals surface area contributed by atoms with Gasteiger partial charge >= 0.3 is 5.97 Å². The third-order valence-corrected chi connectivity index (χ3v) is 2.54. The van der Waals surface area contributed by atoms with Crippen LogP contribution < -0.4 is 0 Å². The average Bonchev–Trinajstić information content (AvgIpc) is 2.43. The predicted octanol–water partition coefficient (Wildman–Crippen LogP) is 3.16. The minimum atomic E-state index is -0.339. The Morgan fingerprint density at radius 1 is 1.11 bits per heavy atom. The molecule has 0 unspecified atom stereocenters. The summed E-state index contributed by atoms with van der Waals surface area (Å²) < 4.78 is 9.94. The van der Waals surface area contributed by atoms with Crippen LogP contribution in [0.1, 0.15) is 10.4 Å². The van der Waals surface area contributed by atoms with Gasteiger partial charge in [-0.3, -0.25) is 0 Å². The van der Waals surface area contributed by atoms with E-state index in [-0.39, 0.29) is 12.6 Å². The van der Waals surface area contributed by atoms with Crippen LogP contribution in [0.4, 0.5) is 0 Å². The number of hydrogen-bond donors (Lipinski definition) is 0. The number of carbonyl (C=O) groups excluding carboxylic acids is 1. The van der Waals surface area contributed by atoms with Gasteiger partial charge in [-0.1, -0.05) is 36.9 Å². The highest BCUT2D eigenvalue weighted by atomic mass is 16.6. The molecule has 3 nitrogen and oxygen atoms in total. The summed E-state index contributed by atoms with van der Waals surface area (Å²) in [4.78, 5) is 11.7. The summed E-state index contributed by atoms with van der Waals surface area (Å²) in [5.41, 5.74) is 0.548. The Kier molecular flexibility index (Phi) is 3.97. The fourth-order valence-electron chi connectivity index (χ4n) is 1.67. The van der Waals surface area contributed by atoms with Gasteiger partial charge in [0.05, 0.1) is 11.8 Å². The van der Waals surface area contributed by atoms with Crippen LogP contribution >= 0.6 is 0 Å². The van der Waals surface area contributed by atoms with E-state index >= 15 is 0 Å². The van der Waals surface area contributed by atoms with Crippen LogP contribution in [-0.4, -0.2) is 19.2 Å². The summed E-state index contributed by atoms with van der Waals surface area (Å²) in [5.74, 6) is -0.339. The average molecular weight is 242 g/mol. The SMILES string of the molecule is C=COCCOC(=O)c1ccc2ccccc2c1. The lowest BCUT2D eigenvalue weighted by atomic mass is 10.1. The van der Waals surface area contributed by atoms with Gasteiger partial charge in [-0.15, -0.1) is 0 Å². The second kappa shape index (κ2) is 5.87. The molecule has 0 amide bonds. The molecule has 2 aromatic rings. The maximum Gasteiger partial charge on any atom is 0.338 e. The first kappa shape index (κ1) is 12.2. The summed E-state index contributed by atoms with van der Waals surface area (Å²) >= 11 is 0. The quantitative estimate of drug-likeness (QED) is 0.459. The Morgan fingerprint density at radius 2 is 1.89 bits per heavy atom. The summed E-state index contributed by atoms with van der Waals surface area (Å²) in [6.07, 6.45) is 1.32. The molecule has 2 aromatic carbocycles. The molecule has 2 rings (SSSR count). The number of ether oxygens (including phenoxy) is 2. The zero-order chi connectivity index (χ0) is 12.8. The van der Waals surface area contributed by atoms with Crippen LogP contribution in [0.5, 0.6) is 0 Å². The first-order chi connectivity index (χ1) is 8.81. The molecule has 0 saturated carbocycles. The van der Waals surface area contributed by atoms with Gasteiger partial charge in [0.2, 0.25) is 0 Å². The van der Waals surface area contributed by atoms with Crippen LogP contribution in [0.3, 0.4) is 0 Å². The zero-order valence-electron chi connectivity index (χ0n) is 9.96. The fourth-order valence-corrected chi connectivity index (χ4v) is 1.67. The van der Waals surface area contributed by atoms with Gasteiger partial charge in [-0.2, -0.15) is 0 Å². The molecule has 0 fully saturated rings. The van der Waals surface area contributed by atoms with Crippen molar-refractivity contribution >= 4 is 16.7 Å². The first-order valence-electron chi connectivity index (χ1n) is 5.69. The lowest BCUT2D eigenvalue weighted by Gasteiger charge is -2.05. The van der Waals surface area contributed by atoms with Crippen molar-refractivity contribution in [3.63, 3.8) is 0 Å². The van der Waals surface area contributed by atoms with Gasteiger partial charge in [0.15, 0.2) is 0 Å². The van der Waals surface area contributed by atoms with E-state index in [4.69, 9.17) is 9.47 Å². The Morgan fingerprint density at radius 3 is 2.67 bits per heavy atom. The molecular weight excluding hydrogens is 228 g/mol. The molecule has 0 aliphatic rings. The number of esters is 1. The van der Waals surface area contributed by atoms with Crippen LogP contribution in [0.15, 0.2) is 55.3 Å². The third-order valence-electron chi connectivity index (χ3n) is 2.54. The van der Waals surface area contributed by atoms with Gasteiger partial charge < -0.3 is 9.47 Å². The van der Waals surface area contributed by atoms with Crippen molar-refractivity contribution in [3.8, 4) is 0 Å². The van der Waals surface area contributed by atoms with Crippen molar-refractivity contribution in [3.05, 3.63) is 60.9 Å². The van der Waals surface area contributed by atoms with Crippen molar-refractivity contribution in [2.45, 2.75) is 0 Å². The minimum absolute atomic E-state index is 0.220. The largest absolute Gasteiger partial charge is 0.498 e. The molecule has 92 valence electrons. The summed E-state index contributed by atoms with van der Waals surface area (Å²) in [6.45, 7) is 3.95. The third kappa shape index (κ3) is 2.88. The van der Waals surface area contributed by atoms with Gasteiger partial charge in [0.1, 0.15) is 13.2 Å².